The largest absolute Gasteiger partial charge is 0.314 e. The van der Waals surface area contributed by atoms with Crippen LogP contribution in [0.1, 0.15) is 52.4 Å². The van der Waals surface area contributed by atoms with Gasteiger partial charge in [0.2, 0.25) is 0 Å². The molecule has 2 aliphatic rings. The Morgan fingerprint density at radius 2 is 1.85 bits per heavy atom. The zero-order valence-electron chi connectivity index (χ0n) is 9.10. The minimum absolute atomic E-state index is 0.663. The third-order valence-corrected chi connectivity index (χ3v) is 3.91. The molecule has 0 aromatic rings. The van der Waals surface area contributed by atoms with Crippen LogP contribution in [0.15, 0.2) is 0 Å². The van der Waals surface area contributed by atoms with E-state index in [1.54, 1.807) is 0 Å². The Morgan fingerprint density at radius 1 is 1.23 bits per heavy atom. The lowest BCUT2D eigenvalue weighted by Gasteiger charge is -2.30. The Hall–Kier alpha value is -0.0400. The molecule has 0 amide bonds. The van der Waals surface area contributed by atoms with E-state index in [0.29, 0.717) is 6.04 Å². The summed E-state index contributed by atoms with van der Waals surface area (Å²) in [4.78, 5) is 0. The topological polar surface area (TPSA) is 12.0 Å². The maximum absolute atomic E-state index is 3.65. The molecule has 2 aliphatic carbocycles. The van der Waals surface area contributed by atoms with Gasteiger partial charge in [0, 0.05) is 12.6 Å². The fourth-order valence-electron chi connectivity index (χ4n) is 2.91. The van der Waals surface area contributed by atoms with Crippen molar-refractivity contribution in [2.75, 3.05) is 6.54 Å². The molecule has 13 heavy (non-hydrogen) atoms. The lowest BCUT2D eigenvalue weighted by Crippen LogP contribution is -2.37. The lowest BCUT2D eigenvalue weighted by atomic mass is 9.80. The third-order valence-electron chi connectivity index (χ3n) is 3.91. The van der Waals surface area contributed by atoms with E-state index < -0.39 is 0 Å². The summed E-state index contributed by atoms with van der Waals surface area (Å²) >= 11 is 0. The highest BCUT2D eigenvalue weighted by atomic mass is 14.9. The van der Waals surface area contributed by atoms with Gasteiger partial charge in [-0.25, -0.2) is 0 Å². The summed E-state index contributed by atoms with van der Waals surface area (Å²) in [5.41, 5.74) is 0.726. The summed E-state index contributed by atoms with van der Waals surface area (Å²) in [6, 6.07) is 0.663. The van der Waals surface area contributed by atoms with Crippen molar-refractivity contribution in [1.82, 2.24) is 5.32 Å². The van der Waals surface area contributed by atoms with Gasteiger partial charge in [0.1, 0.15) is 0 Å². The summed E-state index contributed by atoms with van der Waals surface area (Å²) in [6.45, 7) is 5.81. The first-order valence-electron chi connectivity index (χ1n) is 5.96. The van der Waals surface area contributed by atoms with Crippen molar-refractivity contribution in [3.63, 3.8) is 0 Å². The summed E-state index contributed by atoms with van der Waals surface area (Å²) in [5.74, 6) is 1.08. The average Bonchev–Trinajstić information content (AvgIpc) is 2.84. The monoisotopic (exact) mass is 181 g/mol. The SMILES string of the molecule is CC(C)NCC1(C2CC2)CCCC1. The van der Waals surface area contributed by atoms with Crippen LogP contribution < -0.4 is 5.32 Å². The number of rotatable bonds is 4. The van der Waals surface area contributed by atoms with E-state index in [4.69, 9.17) is 0 Å². The van der Waals surface area contributed by atoms with Gasteiger partial charge < -0.3 is 5.32 Å². The van der Waals surface area contributed by atoms with Gasteiger partial charge in [-0.15, -0.1) is 0 Å². The molecule has 2 saturated carbocycles. The Bertz CT molecular complexity index is 164. The van der Waals surface area contributed by atoms with E-state index in [1.165, 1.54) is 45.1 Å². The molecular weight excluding hydrogens is 158 g/mol. The van der Waals surface area contributed by atoms with Crippen LogP contribution in [0, 0.1) is 11.3 Å². The Morgan fingerprint density at radius 3 is 2.31 bits per heavy atom. The average molecular weight is 181 g/mol. The van der Waals surface area contributed by atoms with Gasteiger partial charge in [0.15, 0.2) is 0 Å². The Labute approximate surface area is 82.3 Å². The maximum Gasteiger partial charge on any atom is 0.00128 e. The van der Waals surface area contributed by atoms with Crippen molar-refractivity contribution in [3.05, 3.63) is 0 Å². The van der Waals surface area contributed by atoms with E-state index in [1.807, 2.05) is 0 Å². The predicted molar refractivity (Wildman–Crippen MR) is 56.8 cm³/mol. The second-order valence-electron chi connectivity index (χ2n) is 5.38. The molecule has 1 heteroatoms. The minimum atomic E-state index is 0.663. The van der Waals surface area contributed by atoms with Gasteiger partial charge in [-0.3, -0.25) is 0 Å². The van der Waals surface area contributed by atoms with Gasteiger partial charge in [-0.2, -0.15) is 0 Å². The van der Waals surface area contributed by atoms with Crippen LogP contribution in [-0.4, -0.2) is 12.6 Å². The first-order chi connectivity index (χ1) is 6.23. The van der Waals surface area contributed by atoms with Crippen molar-refractivity contribution in [2.24, 2.45) is 11.3 Å². The molecule has 1 N–H and O–H groups in total. The summed E-state index contributed by atoms with van der Waals surface area (Å²) in [5, 5.41) is 3.65. The summed E-state index contributed by atoms with van der Waals surface area (Å²) < 4.78 is 0. The van der Waals surface area contributed by atoms with E-state index >= 15 is 0 Å². The van der Waals surface area contributed by atoms with Gasteiger partial charge in [-0.05, 0) is 37.0 Å². The van der Waals surface area contributed by atoms with Gasteiger partial charge >= 0.3 is 0 Å². The molecule has 0 spiro atoms. The highest BCUT2D eigenvalue weighted by molar-refractivity contribution is 4.98. The molecule has 2 fully saturated rings. The fraction of sp³-hybridized carbons (Fsp3) is 1.00. The second-order valence-corrected chi connectivity index (χ2v) is 5.38. The molecule has 0 aromatic heterocycles. The van der Waals surface area contributed by atoms with Gasteiger partial charge in [0.05, 0.1) is 0 Å². The first-order valence-corrected chi connectivity index (χ1v) is 5.96. The van der Waals surface area contributed by atoms with E-state index in [2.05, 4.69) is 19.2 Å². The molecule has 76 valence electrons. The molecule has 0 heterocycles. The Balaban J connectivity index is 1.89. The van der Waals surface area contributed by atoms with Crippen LogP contribution in [0.4, 0.5) is 0 Å². The molecule has 0 atom stereocenters. The van der Waals surface area contributed by atoms with Crippen molar-refractivity contribution in [3.8, 4) is 0 Å². The standard InChI is InChI=1S/C12H23N/c1-10(2)13-9-12(11-5-6-11)7-3-4-8-12/h10-11,13H,3-9H2,1-2H3. The minimum Gasteiger partial charge on any atom is -0.314 e. The van der Waals surface area contributed by atoms with Crippen LogP contribution in [0.25, 0.3) is 0 Å². The predicted octanol–water partition coefficient (Wildman–Crippen LogP) is 2.95. The molecule has 0 aliphatic heterocycles. The molecule has 1 nitrogen and oxygen atoms in total. The lowest BCUT2D eigenvalue weighted by molar-refractivity contribution is 0.229. The van der Waals surface area contributed by atoms with Crippen molar-refractivity contribution in [2.45, 2.75) is 58.4 Å². The number of hydrogen-bond acceptors (Lipinski definition) is 1. The van der Waals surface area contributed by atoms with Crippen LogP contribution in [0.2, 0.25) is 0 Å². The number of hydrogen-bond donors (Lipinski definition) is 1. The van der Waals surface area contributed by atoms with E-state index in [0.717, 1.165) is 11.3 Å². The second kappa shape index (κ2) is 3.61. The molecule has 0 bridgehead atoms. The highest BCUT2D eigenvalue weighted by Gasteiger charge is 2.46. The van der Waals surface area contributed by atoms with Crippen LogP contribution in [0.5, 0.6) is 0 Å². The Kier molecular flexibility index (Phi) is 2.64. The number of nitrogens with one attached hydrogen (secondary N) is 1. The van der Waals surface area contributed by atoms with Crippen LogP contribution >= 0.6 is 0 Å². The summed E-state index contributed by atoms with van der Waals surface area (Å²) in [7, 11) is 0. The first kappa shape index (κ1) is 9.51. The van der Waals surface area contributed by atoms with Gasteiger partial charge in [0.25, 0.3) is 0 Å². The molecular formula is C12H23N. The van der Waals surface area contributed by atoms with Crippen LogP contribution in [0.3, 0.4) is 0 Å². The molecule has 0 unspecified atom stereocenters. The third kappa shape index (κ3) is 2.07. The fourth-order valence-corrected chi connectivity index (χ4v) is 2.91. The quantitative estimate of drug-likeness (QED) is 0.703. The smallest absolute Gasteiger partial charge is 0.00128 e. The van der Waals surface area contributed by atoms with Gasteiger partial charge in [-0.1, -0.05) is 26.7 Å². The van der Waals surface area contributed by atoms with E-state index in [-0.39, 0.29) is 0 Å². The van der Waals surface area contributed by atoms with Crippen LogP contribution in [-0.2, 0) is 0 Å². The van der Waals surface area contributed by atoms with Crippen molar-refractivity contribution < 1.29 is 0 Å². The van der Waals surface area contributed by atoms with Crippen molar-refractivity contribution in [1.29, 1.82) is 0 Å². The summed E-state index contributed by atoms with van der Waals surface area (Å²) in [6.07, 6.45) is 8.99. The molecule has 2 rings (SSSR count). The van der Waals surface area contributed by atoms with Crippen molar-refractivity contribution >= 4 is 0 Å². The zero-order valence-corrected chi connectivity index (χ0v) is 9.10. The normalized spacial score (nSPS) is 27.0. The maximum atomic E-state index is 3.65. The van der Waals surface area contributed by atoms with E-state index in [9.17, 15) is 0 Å². The highest BCUT2D eigenvalue weighted by Crippen LogP contribution is 2.54. The molecule has 0 saturated heterocycles. The molecule has 0 radical (unpaired) electrons. The zero-order chi connectivity index (χ0) is 9.31. The molecule has 0 aromatic carbocycles.